The van der Waals surface area contributed by atoms with Crippen molar-refractivity contribution in [3.63, 3.8) is 0 Å². The van der Waals surface area contributed by atoms with Crippen LogP contribution in [0.15, 0.2) is 24.3 Å². The van der Waals surface area contributed by atoms with Gasteiger partial charge in [0.1, 0.15) is 0 Å². The van der Waals surface area contributed by atoms with Crippen LogP contribution in [-0.4, -0.2) is 26.2 Å². The van der Waals surface area contributed by atoms with Crippen LogP contribution >= 0.6 is 0 Å². The molecule has 0 aromatic heterocycles. The number of benzene rings is 1. The number of nitrogens with zero attached hydrogens (tertiary/aromatic N) is 1. The molecule has 3 rings (SSSR count). The van der Waals surface area contributed by atoms with Gasteiger partial charge in [0.25, 0.3) is 0 Å². The lowest BCUT2D eigenvalue weighted by Crippen LogP contribution is -2.32. The summed E-state index contributed by atoms with van der Waals surface area (Å²) in [6, 6.07) is 8.95. The van der Waals surface area contributed by atoms with Gasteiger partial charge in [-0.1, -0.05) is 12.1 Å². The minimum atomic E-state index is 0.924. The van der Waals surface area contributed by atoms with E-state index in [4.69, 9.17) is 0 Å². The van der Waals surface area contributed by atoms with E-state index >= 15 is 0 Å². The van der Waals surface area contributed by atoms with Crippen molar-refractivity contribution in [1.82, 2.24) is 5.32 Å². The molecule has 2 saturated heterocycles. The highest BCUT2D eigenvalue weighted by atomic mass is 15.2. The molecular weight excluding hydrogens is 220 g/mol. The van der Waals surface area contributed by atoms with Gasteiger partial charge in [0, 0.05) is 18.8 Å². The van der Waals surface area contributed by atoms with Crippen LogP contribution in [0.4, 0.5) is 5.69 Å². The van der Waals surface area contributed by atoms with Crippen LogP contribution in [0.2, 0.25) is 0 Å². The second kappa shape index (κ2) is 5.31. The standard InChI is InChI=1S/C16H24N2/c1-13-3-2-4-16(11-13)18-10-7-15(12-18)14-5-8-17-9-6-14/h2-4,11,14-15,17H,5-10,12H2,1H3. The third-order valence-electron chi connectivity index (χ3n) is 4.64. The van der Waals surface area contributed by atoms with E-state index in [1.807, 2.05) is 0 Å². The fourth-order valence-corrected chi connectivity index (χ4v) is 3.55. The second-order valence-corrected chi connectivity index (χ2v) is 5.92. The fraction of sp³-hybridized carbons (Fsp3) is 0.625. The minimum absolute atomic E-state index is 0.924. The molecule has 2 aliphatic rings. The van der Waals surface area contributed by atoms with Crippen molar-refractivity contribution >= 4 is 5.69 Å². The van der Waals surface area contributed by atoms with Gasteiger partial charge >= 0.3 is 0 Å². The zero-order valence-electron chi connectivity index (χ0n) is 11.4. The van der Waals surface area contributed by atoms with E-state index < -0.39 is 0 Å². The zero-order chi connectivity index (χ0) is 12.4. The van der Waals surface area contributed by atoms with Gasteiger partial charge < -0.3 is 10.2 Å². The Morgan fingerprint density at radius 1 is 1.11 bits per heavy atom. The molecule has 0 spiro atoms. The quantitative estimate of drug-likeness (QED) is 0.860. The van der Waals surface area contributed by atoms with Crippen molar-refractivity contribution in [3.8, 4) is 0 Å². The Bertz CT molecular complexity index is 396. The number of piperidine rings is 1. The number of nitrogens with one attached hydrogen (secondary N) is 1. The van der Waals surface area contributed by atoms with E-state index in [0.717, 1.165) is 11.8 Å². The van der Waals surface area contributed by atoms with Gasteiger partial charge in [0.05, 0.1) is 0 Å². The number of rotatable bonds is 2. The van der Waals surface area contributed by atoms with Gasteiger partial charge in [-0.2, -0.15) is 0 Å². The highest BCUT2D eigenvalue weighted by Crippen LogP contribution is 2.32. The zero-order valence-corrected chi connectivity index (χ0v) is 11.4. The molecule has 1 aromatic rings. The normalized spacial score (nSPS) is 25.6. The van der Waals surface area contributed by atoms with Crippen LogP contribution in [-0.2, 0) is 0 Å². The predicted octanol–water partition coefficient (Wildman–Crippen LogP) is 2.82. The Morgan fingerprint density at radius 2 is 1.94 bits per heavy atom. The number of hydrogen-bond acceptors (Lipinski definition) is 2. The van der Waals surface area contributed by atoms with Gasteiger partial charge in [-0.25, -0.2) is 0 Å². The Kier molecular flexibility index (Phi) is 3.55. The van der Waals surface area contributed by atoms with Crippen LogP contribution in [0.3, 0.4) is 0 Å². The molecule has 18 heavy (non-hydrogen) atoms. The molecule has 2 heteroatoms. The van der Waals surface area contributed by atoms with Crippen LogP contribution in [0.5, 0.6) is 0 Å². The van der Waals surface area contributed by atoms with E-state index in [1.165, 1.54) is 56.7 Å². The molecule has 0 amide bonds. The average Bonchev–Trinajstić information content (AvgIpc) is 2.89. The smallest absolute Gasteiger partial charge is 0.0368 e. The van der Waals surface area contributed by atoms with Gasteiger partial charge in [-0.15, -0.1) is 0 Å². The van der Waals surface area contributed by atoms with Crippen LogP contribution in [0, 0.1) is 18.8 Å². The fourth-order valence-electron chi connectivity index (χ4n) is 3.55. The summed E-state index contributed by atoms with van der Waals surface area (Å²) in [6.07, 6.45) is 4.15. The molecule has 0 aliphatic carbocycles. The maximum absolute atomic E-state index is 3.47. The largest absolute Gasteiger partial charge is 0.371 e. The summed E-state index contributed by atoms with van der Waals surface area (Å²) < 4.78 is 0. The SMILES string of the molecule is Cc1cccc(N2CCC(C3CCNCC3)C2)c1. The van der Waals surface area contributed by atoms with E-state index in [2.05, 4.69) is 41.4 Å². The first-order chi connectivity index (χ1) is 8.83. The molecule has 2 fully saturated rings. The third kappa shape index (κ3) is 2.54. The van der Waals surface area contributed by atoms with Crippen molar-refractivity contribution in [3.05, 3.63) is 29.8 Å². The predicted molar refractivity (Wildman–Crippen MR) is 77.1 cm³/mol. The molecule has 2 nitrogen and oxygen atoms in total. The van der Waals surface area contributed by atoms with Crippen LogP contribution < -0.4 is 10.2 Å². The van der Waals surface area contributed by atoms with Gasteiger partial charge in [0.15, 0.2) is 0 Å². The lowest BCUT2D eigenvalue weighted by Gasteiger charge is -2.28. The maximum atomic E-state index is 3.47. The molecule has 1 unspecified atom stereocenters. The summed E-state index contributed by atoms with van der Waals surface area (Å²) in [5, 5.41) is 3.47. The Balaban J connectivity index is 1.64. The minimum Gasteiger partial charge on any atom is -0.371 e. The van der Waals surface area contributed by atoms with Crippen molar-refractivity contribution in [1.29, 1.82) is 0 Å². The van der Waals surface area contributed by atoms with Gasteiger partial charge in [-0.05, 0) is 68.8 Å². The molecule has 2 heterocycles. The Labute approximate surface area is 110 Å². The summed E-state index contributed by atoms with van der Waals surface area (Å²) in [6.45, 7) is 7.16. The van der Waals surface area contributed by atoms with Crippen molar-refractivity contribution in [2.45, 2.75) is 26.2 Å². The summed E-state index contributed by atoms with van der Waals surface area (Å²) in [5.41, 5.74) is 2.80. The summed E-state index contributed by atoms with van der Waals surface area (Å²) in [7, 11) is 0. The van der Waals surface area contributed by atoms with Crippen molar-refractivity contribution < 1.29 is 0 Å². The first-order valence-corrected chi connectivity index (χ1v) is 7.35. The van der Waals surface area contributed by atoms with Crippen molar-refractivity contribution in [2.75, 3.05) is 31.1 Å². The molecule has 0 radical (unpaired) electrons. The monoisotopic (exact) mass is 244 g/mol. The van der Waals surface area contributed by atoms with E-state index in [0.29, 0.717) is 0 Å². The highest BCUT2D eigenvalue weighted by Gasteiger charge is 2.30. The summed E-state index contributed by atoms with van der Waals surface area (Å²) in [5.74, 6) is 1.88. The Hall–Kier alpha value is -1.02. The van der Waals surface area contributed by atoms with Crippen molar-refractivity contribution in [2.24, 2.45) is 11.8 Å². The lowest BCUT2D eigenvalue weighted by molar-refractivity contribution is 0.276. The first-order valence-electron chi connectivity index (χ1n) is 7.35. The number of aryl methyl sites for hydroxylation is 1. The molecule has 0 saturated carbocycles. The first kappa shape index (κ1) is 12.0. The van der Waals surface area contributed by atoms with Crippen LogP contribution in [0.25, 0.3) is 0 Å². The number of hydrogen-bond donors (Lipinski definition) is 1. The lowest BCUT2D eigenvalue weighted by atomic mass is 9.84. The van der Waals surface area contributed by atoms with E-state index in [-0.39, 0.29) is 0 Å². The molecule has 0 bridgehead atoms. The topological polar surface area (TPSA) is 15.3 Å². The average molecular weight is 244 g/mol. The maximum Gasteiger partial charge on any atom is 0.0368 e. The molecule has 98 valence electrons. The molecule has 1 aromatic carbocycles. The van der Waals surface area contributed by atoms with E-state index in [1.54, 1.807) is 0 Å². The van der Waals surface area contributed by atoms with E-state index in [9.17, 15) is 0 Å². The third-order valence-corrected chi connectivity index (χ3v) is 4.64. The number of anilines is 1. The molecule has 1 N–H and O–H groups in total. The summed E-state index contributed by atoms with van der Waals surface area (Å²) in [4.78, 5) is 2.58. The van der Waals surface area contributed by atoms with Crippen LogP contribution in [0.1, 0.15) is 24.8 Å². The molecular formula is C16H24N2. The molecule has 1 atom stereocenters. The van der Waals surface area contributed by atoms with Gasteiger partial charge in [0.2, 0.25) is 0 Å². The van der Waals surface area contributed by atoms with Gasteiger partial charge in [-0.3, -0.25) is 0 Å². The summed E-state index contributed by atoms with van der Waals surface area (Å²) >= 11 is 0. The highest BCUT2D eigenvalue weighted by molar-refractivity contribution is 5.49. The second-order valence-electron chi connectivity index (χ2n) is 5.92. The molecule has 2 aliphatic heterocycles. The Morgan fingerprint density at radius 3 is 2.72 bits per heavy atom.